The van der Waals surface area contributed by atoms with E-state index in [1.807, 2.05) is 12.1 Å². The minimum atomic E-state index is 0.314. The summed E-state index contributed by atoms with van der Waals surface area (Å²) in [6.07, 6.45) is 0.979. The molecular weight excluding hydrogens is 304 g/mol. The highest BCUT2D eigenvalue weighted by atomic mass is 79.9. The van der Waals surface area contributed by atoms with Crippen molar-refractivity contribution in [2.45, 2.75) is 26.2 Å². The van der Waals surface area contributed by atoms with Gasteiger partial charge in [0.05, 0.1) is 12.3 Å². The van der Waals surface area contributed by atoms with Gasteiger partial charge in [-0.3, -0.25) is 0 Å². The van der Waals surface area contributed by atoms with Crippen LogP contribution in [0, 0.1) is 0 Å². The number of nitrogens with zero attached hydrogens (tertiary/aromatic N) is 2. The van der Waals surface area contributed by atoms with Crippen molar-refractivity contribution in [3.8, 4) is 17.0 Å². The van der Waals surface area contributed by atoms with Gasteiger partial charge in [-0.1, -0.05) is 13.8 Å². The van der Waals surface area contributed by atoms with Crippen molar-refractivity contribution in [1.29, 1.82) is 0 Å². The molecule has 3 nitrogen and oxygen atoms in total. The Kier molecular flexibility index (Phi) is 3.27. The fourth-order valence-corrected chi connectivity index (χ4v) is 2.59. The van der Waals surface area contributed by atoms with Gasteiger partial charge in [-0.15, -0.1) is 0 Å². The zero-order valence-corrected chi connectivity index (χ0v) is 12.6. The minimum absolute atomic E-state index is 0.314. The molecule has 0 saturated heterocycles. The summed E-state index contributed by atoms with van der Waals surface area (Å²) in [5, 5.41) is 0. The van der Waals surface area contributed by atoms with Gasteiger partial charge in [0, 0.05) is 17.9 Å². The molecule has 0 amide bonds. The minimum Gasteiger partial charge on any atom is -0.493 e. The van der Waals surface area contributed by atoms with Gasteiger partial charge in [-0.2, -0.15) is 0 Å². The van der Waals surface area contributed by atoms with Gasteiger partial charge in [0.15, 0.2) is 0 Å². The summed E-state index contributed by atoms with van der Waals surface area (Å²) in [5.74, 6) is 2.18. The van der Waals surface area contributed by atoms with Crippen LogP contribution in [0.2, 0.25) is 0 Å². The van der Waals surface area contributed by atoms with Crippen LogP contribution < -0.4 is 4.74 Å². The Balaban J connectivity index is 2.06. The van der Waals surface area contributed by atoms with E-state index in [0.29, 0.717) is 5.92 Å². The van der Waals surface area contributed by atoms with E-state index in [4.69, 9.17) is 4.74 Å². The Labute approximate surface area is 121 Å². The highest BCUT2D eigenvalue weighted by Crippen LogP contribution is 2.30. The molecule has 98 valence electrons. The van der Waals surface area contributed by atoms with Crippen LogP contribution in [-0.4, -0.2) is 16.6 Å². The molecule has 3 rings (SSSR count). The molecule has 2 aromatic rings. The van der Waals surface area contributed by atoms with Crippen molar-refractivity contribution in [2.75, 3.05) is 6.61 Å². The molecule has 1 aromatic heterocycles. The highest BCUT2D eigenvalue weighted by Gasteiger charge is 2.14. The van der Waals surface area contributed by atoms with E-state index in [9.17, 15) is 0 Å². The maximum Gasteiger partial charge on any atom is 0.132 e. The molecule has 0 aliphatic carbocycles. The van der Waals surface area contributed by atoms with Gasteiger partial charge in [-0.25, -0.2) is 9.97 Å². The molecule has 0 fully saturated rings. The first kappa shape index (κ1) is 12.6. The van der Waals surface area contributed by atoms with E-state index < -0.39 is 0 Å². The van der Waals surface area contributed by atoms with Gasteiger partial charge in [0.2, 0.25) is 0 Å². The molecule has 0 radical (unpaired) electrons. The predicted octanol–water partition coefficient (Wildman–Crippen LogP) is 3.96. The SMILES string of the molecule is CC(C)c1nc(Br)cc(-c2ccc3c(c2)CCO3)n1. The maximum atomic E-state index is 5.53. The summed E-state index contributed by atoms with van der Waals surface area (Å²) < 4.78 is 6.36. The third kappa shape index (κ3) is 2.50. The number of fused-ring (bicyclic) bond motifs is 1. The fraction of sp³-hybridized carbons (Fsp3) is 0.333. The van der Waals surface area contributed by atoms with Crippen LogP contribution in [0.4, 0.5) is 0 Å². The smallest absolute Gasteiger partial charge is 0.132 e. The number of benzene rings is 1. The Bertz CT molecular complexity index is 626. The highest BCUT2D eigenvalue weighted by molar-refractivity contribution is 9.10. The maximum absolute atomic E-state index is 5.53. The predicted molar refractivity (Wildman–Crippen MR) is 78.5 cm³/mol. The topological polar surface area (TPSA) is 35.0 Å². The molecular formula is C15H15BrN2O. The summed E-state index contributed by atoms with van der Waals surface area (Å²) in [5.41, 5.74) is 3.34. The van der Waals surface area contributed by atoms with Crippen molar-refractivity contribution in [1.82, 2.24) is 9.97 Å². The van der Waals surface area contributed by atoms with Crippen molar-refractivity contribution in [3.63, 3.8) is 0 Å². The van der Waals surface area contributed by atoms with E-state index in [1.54, 1.807) is 0 Å². The number of ether oxygens (including phenoxy) is 1. The standard InChI is InChI=1S/C15H15BrN2O/c1-9(2)15-17-12(8-14(16)18-15)10-3-4-13-11(7-10)5-6-19-13/h3-4,7-9H,5-6H2,1-2H3. The Morgan fingerprint density at radius 1 is 1.21 bits per heavy atom. The fourth-order valence-electron chi connectivity index (χ4n) is 2.19. The van der Waals surface area contributed by atoms with Gasteiger partial charge in [-0.05, 0) is 45.8 Å². The molecule has 1 aliphatic heterocycles. The lowest BCUT2D eigenvalue weighted by molar-refractivity contribution is 0.357. The summed E-state index contributed by atoms with van der Waals surface area (Å²) >= 11 is 3.47. The number of rotatable bonds is 2. The molecule has 0 spiro atoms. The summed E-state index contributed by atoms with van der Waals surface area (Å²) in [4.78, 5) is 9.06. The molecule has 0 bridgehead atoms. The van der Waals surface area contributed by atoms with E-state index in [0.717, 1.165) is 40.5 Å². The second-order valence-corrected chi connectivity index (χ2v) is 5.82. The summed E-state index contributed by atoms with van der Waals surface area (Å²) in [7, 11) is 0. The van der Waals surface area contributed by atoms with E-state index >= 15 is 0 Å². The lowest BCUT2D eigenvalue weighted by Crippen LogP contribution is -1.99. The first-order valence-electron chi connectivity index (χ1n) is 6.44. The molecule has 0 unspecified atom stereocenters. The first-order chi connectivity index (χ1) is 9.13. The lowest BCUT2D eigenvalue weighted by Gasteiger charge is -2.08. The van der Waals surface area contributed by atoms with Crippen LogP contribution in [0.15, 0.2) is 28.9 Å². The quantitative estimate of drug-likeness (QED) is 0.786. The van der Waals surface area contributed by atoms with Crippen LogP contribution in [0.3, 0.4) is 0 Å². The number of hydrogen-bond donors (Lipinski definition) is 0. The molecule has 4 heteroatoms. The molecule has 0 atom stereocenters. The van der Waals surface area contributed by atoms with Crippen LogP contribution in [0.1, 0.15) is 31.2 Å². The largest absolute Gasteiger partial charge is 0.493 e. The average Bonchev–Trinajstić information content (AvgIpc) is 2.85. The van der Waals surface area contributed by atoms with Crippen molar-refractivity contribution in [2.24, 2.45) is 0 Å². The third-order valence-corrected chi connectivity index (χ3v) is 3.62. The molecule has 19 heavy (non-hydrogen) atoms. The van der Waals surface area contributed by atoms with Crippen molar-refractivity contribution >= 4 is 15.9 Å². The molecule has 0 N–H and O–H groups in total. The number of hydrogen-bond acceptors (Lipinski definition) is 3. The van der Waals surface area contributed by atoms with Crippen molar-refractivity contribution < 1.29 is 4.74 Å². The first-order valence-corrected chi connectivity index (χ1v) is 7.23. The summed E-state index contributed by atoms with van der Waals surface area (Å²) in [6, 6.07) is 8.22. The van der Waals surface area contributed by atoms with Crippen molar-refractivity contribution in [3.05, 3.63) is 40.3 Å². The van der Waals surface area contributed by atoms with Crippen LogP contribution in [0.25, 0.3) is 11.3 Å². The Morgan fingerprint density at radius 2 is 2.05 bits per heavy atom. The number of halogens is 1. The normalized spacial score (nSPS) is 13.5. The van der Waals surface area contributed by atoms with Crippen LogP contribution in [-0.2, 0) is 6.42 Å². The van der Waals surface area contributed by atoms with Gasteiger partial charge < -0.3 is 4.74 Å². The zero-order valence-electron chi connectivity index (χ0n) is 11.0. The molecule has 1 aromatic carbocycles. The molecule has 0 saturated carbocycles. The zero-order chi connectivity index (χ0) is 13.4. The van der Waals surface area contributed by atoms with Crippen LogP contribution in [0.5, 0.6) is 5.75 Å². The van der Waals surface area contributed by atoms with Gasteiger partial charge >= 0.3 is 0 Å². The monoisotopic (exact) mass is 318 g/mol. The van der Waals surface area contributed by atoms with Gasteiger partial charge in [0.1, 0.15) is 16.2 Å². The van der Waals surface area contributed by atoms with E-state index in [2.05, 4.69) is 51.9 Å². The van der Waals surface area contributed by atoms with E-state index in [1.165, 1.54) is 5.56 Å². The Hall–Kier alpha value is -1.42. The van der Waals surface area contributed by atoms with Gasteiger partial charge in [0.25, 0.3) is 0 Å². The third-order valence-electron chi connectivity index (χ3n) is 3.21. The second kappa shape index (κ2) is 4.93. The second-order valence-electron chi connectivity index (χ2n) is 5.01. The van der Waals surface area contributed by atoms with E-state index in [-0.39, 0.29) is 0 Å². The average molecular weight is 319 g/mol. The summed E-state index contributed by atoms with van der Waals surface area (Å²) in [6.45, 7) is 4.98. The molecule has 2 heterocycles. The van der Waals surface area contributed by atoms with Crippen LogP contribution >= 0.6 is 15.9 Å². The number of aromatic nitrogens is 2. The Morgan fingerprint density at radius 3 is 2.84 bits per heavy atom. The molecule has 1 aliphatic rings. The lowest BCUT2D eigenvalue weighted by atomic mass is 10.1.